The third-order valence-electron chi connectivity index (χ3n) is 4.71. The fourth-order valence-electron chi connectivity index (χ4n) is 3.24. The molecule has 0 saturated heterocycles. The van der Waals surface area contributed by atoms with Crippen molar-refractivity contribution in [1.29, 1.82) is 0 Å². The summed E-state index contributed by atoms with van der Waals surface area (Å²) in [5.41, 5.74) is 11.2. The van der Waals surface area contributed by atoms with Crippen LogP contribution in [0.5, 0.6) is 0 Å². The Kier molecular flexibility index (Phi) is 4.84. The zero-order valence-corrected chi connectivity index (χ0v) is 14.4. The lowest BCUT2D eigenvalue weighted by molar-refractivity contribution is 0.339. The van der Waals surface area contributed by atoms with Crippen LogP contribution in [0.25, 0.3) is 10.4 Å². The summed E-state index contributed by atoms with van der Waals surface area (Å²) in [7, 11) is 0. The van der Waals surface area contributed by atoms with Gasteiger partial charge in [-0.2, -0.15) is 0 Å². The fourth-order valence-corrected chi connectivity index (χ4v) is 4.14. The first-order valence-corrected chi connectivity index (χ1v) is 9.15. The minimum Gasteiger partial charge on any atom is -0.385 e. The van der Waals surface area contributed by atoms with Gasteiger partial charge in [0, 0.05) is 23.2 Å². The molecule has 3 N–H and O–H groups in total. The van der Waals surface area contributed by atoms with Gasteiger partial charge in [-0.1, -0.05) is 6.07 Å². The first-order valence-electron chi connectivity index (χ1n) is 8.27. The standard InChI is InChI=1S/C19H26N2S/c1-13-9-19(22-12-13)16-5-8-18(14(2)10-16)21-11-15-3-6-17(20)7-4-15/h5,8-10,12,15,17,21H,3-4,6-7,11,20H2,1-2H3/t15-,17-. The molecule has 0 spiro atoms. The number of hydrogen-bond acceptors (Lipinski definition) is 3. The lowest BCUT2D eigenvalue weighted by Crippen LogP contribution is -2.29. The van der Waals surface area contributed by atoms with E-state index in [4.69, 9.17) is 5.73 Å². The molecule has 0 bridgehead atoms. The normalized spacial score (nSPS) is 21.8. The highest BCUT2D eigenvalue weighted by Gasteiger charge is 2.18. The van der Waals surface area contributed by atoms with Gasteiger partial charge in [0.15, 0.2) is 0 Å². The summed E-state index contributed by atoms with van der Waals surface area (Å²) in [6.45, 7) is 5.42. The number of nitrogens with two attached hydrogens (primary N) is 1. The summed E-state index contributed by atoms with van der Waals surface area (Å²) in [6.07, 6.45) is 4.89. The number of nitrogens with one attached hydrogen (secondary N) is 1. The van der Waals surface area contributed by atoms with Gasteiger partial charge in [-0.05, 0) is 85.7 Å². The lowest BCUT2D eigenvalue weighted by Gasteiger charge is -2.26. The second-order valence-corrected chi connectivity index (χ2v) is 7.59. The highest BCUT2D eigenvalue weighted by molar-refractivity contribution is 7.13. The summed E-state index contributed by atoms with van der Waals surface area (Å²) in [5.74, 6) is 0.777. The Hall–Kier alpha value is -1.32. The number of aryl methyl sites for hydroxylation is 2. The molecule has 2 aromatic rings. The van der Waals surface area contributed by atoms with Gasteiger partial charge in [0.1, 0.15) is 0 Å². The number of thiophene rings is 1. The van der Waals surface area contributed by atoms with Gasteiger partial charge in [0.25, 0.3) is 0 Å². The average molecular weight is 314 g/mol. The van der Waals surface area contributed by atoms with Gasteiger partial charge in [-0.15, -0.1) is 11.3 Å². The molecule has 0 unspecified atom stereocenters. The molecule has 0 atom stereocenters. The van der Waals surface area contributed by atoms with Crippen LogP contribution in [0.4, 0.5) is 5.69 Å². The predicted molar refractivity (Wildman–Crippen MR) is 97.7 cm³/mol. The maximum Gasteiger partial charge on any atom is 0.0370 e. The van der Waals surface area contributed by atoms with Crippen LogP contribution >= 0.6 is 11.3 Å². The van der Waals surface area contributed by atoms with Crippen LogP contribution in [0, 0.1) is 19.8 Å². The zero-order chi connectivity index (χ0) is 15.5. The molecule has 118 valence electrons. The highest BCUT2D eigenvalue weighted by Crippen LogP contribution is 2.30. The van der Waals surface area contributed by atoms with Crippen molar-refractivity contribution in [3.05, 3.63) is 40.8 Å². The summed E-state index contributed by atoms with van der Waals surface area (Å²) in [5, 5.41) is 5.86. The van der Waals surface area contributed by atoms with E-state index in [0.717, 1.165) is 12.5 Å². The van der Waals surface area contributed by atoms with Gasteiger partial charge in [-0.25, -0.2) is 0 Å². The molecular formula is C19H26N2S. The molecule has 1 saturated carbocycles. The number of anilines is 1. The molecule has 3 heteroatoms. The van der Waals surface area contributed by atoms with Gasteiger partial charge in [0.05, 0.1) is 0 Å². The summed E-state index contributed by atoms with van der Waals surface area (Å²) in [4.78, 5) is 1.36. The number of hydrogen-bond donors (Lipinski definition) is 2. The SMILES string of the molecule is Cc1csc(-c2ccc(NC[C@H]3CC[C@H](N)CC3)c(C)c2)c1. The molecule has 22 heavy (non-hydrogen) atoms. The van der Waals surface area contributed by atoms with Crippen LogP contribution in [-0.2, 0) is 0 Å². The van der Waals surface area contributed by atoms with Crippen LogP contribution in [0.2, 0.25) is 0 Å². The molecule has 1 aliphatic carbocycles. The Balaban J connectivity index is 1.62. The van der Waals surface area contributed by atoms with E-state index in [1.807, 2.05) is 11.3 Å². The largest absolute Gasteiger partial charge is 0.385 e. The van der Waals surface area contributed by atoms with Crippen LogP contribution in [-0.4, -0.2) is 12.6 Å². The van der Waals surface area contributed by atoms with E-state index in [-0.39, 0.29) is 0 Å². The van der Waals surface area contributed by atoms with Crippen molar-refractivity contribution in [3.63, 3.8) is 0 Å². The van der Waals surface area contributed by atoms with Crippen molar-refractivity contribution in [2.24, 2.45) is 11.7 Å². The Morgan fingerprint density at radius 3 is 2.55 bits per heavy atom. The predicted octanol–water partition coefficient (Wildman–Crippen LogP) is 4.96. The van der Waals surface area contributed by atoms with Crippen molar-refractivity contribution in [2.45, 2.75) is 45.6 Å². The molecule has 3 rings (SSSR count). The van der Waals surface area contributed by atoms with Crippen molar-refractivity contribution in [1.82, 2.24) is 0 Å². The van der Waals surface area contributed by atoms with Crippen LogP contribution < -0.4 is 11.1 Å². The molecular weight excluding hydrogens is 288 g/mol. The molecule has 1 fully saturated rings. The van der Waals surface area contributed by atoms with E-state index in [1.165, 1.54) is 52.9 Å². The van der Waals surface area contributed by atoms with Crippen LogP contribution in [0.3, 0.4) is 0 Å². The Bertz CT molecular complexity index is 624. The summed E-state index contributed by atoms with van der Waals surface area (Å²) < 4.78 is 0. The van der Waals surface area contributed by atoms with Crippen molar-refractivity contribution in [2.75, 3.05) is 11.9 Å². The maximum absolute atomic E-state index is 5.98. The number of benzene rings is 1. The fraction of sp³-hybridized carbons (Fsp3) is 0.474. The minimum atomic E-state index is 0.437. The van der Waals surface area contributed by atoms with Gasteiger partial charge in [-0.3, -0.25) is 0 Å². The smallest absolute Gasteiger partial charge is 0.0370 e. The maximum atomic E-state index is 5.98. The second-order valence-electron chi connectivity index (χ2n) is 6.68. The molecule has 1 aromatic heterocycles. The van der Waals surface area contributed by atoms with Gasteiger partial charge >= 0.3 is 0 Å². The third-order valence-corrected chi connectivity index (χ3v) is 5.81. The van der Waals surface area contributed by atoms with Gasteiger partial charge < -0.3 is 11.1 Å². The minimum absolute atomic E-state index is 0.437. The molecule has 1 aliphatic rings. The Labute approximate surface area is 137 Å². The quantitative estimate of drug-likeness (QED) is 0.837. The van der Waals surface area contributed by atoms with Crippen LogP contribution in [0.15, 0.2) is 29.6 Å². The topological polar surface area (TPSA) is 38.0 Å². The summed E-state index contributed by atoms with van der Waals surface area (Å²) in [6, 6.07) is 9.46. The first-order chi connectivity index (χ1) is 10.6. The Morgan fingerprint density at radius 2 is 1.91 bits per heavy atom. The monoisotopic (exact) mass is 314 g/mol. The van der Waals surface area contributed by atoms with E-state index in [9.17, 15) is 0 Å². The van der Waals surface area contributed by atoms with Gasteiger partial charge in [0.2, 0.25) is 0 Å². The van der Waals surface area contributed by atoms with Crippen molar-refractivity contribution in [3.8, 4) is 10.4 Å². The first kappa shape index (κ1) is 15.6. The molecule has 1 aromatic carbocycles. The zero-order valence-electron chi connectivity index (χ0n) is 13.6. The van der Waals surface area contributed by atoms with Crippen molar-refractivity contribution < 1.29 is 0 Å². The lowest BCUT2D eigenvalue weighted by atomic mass is 9.86. The van der Waals surface area contributed by atoms with E-state index >= 15 is 0 Å². The average Bonchev–Trinajstić information content (AvgIpc) is 2.94. The Morgan fingerprint density at radius 1 is 1.14 bits per heavy atom. The number of rotatable bonds is 4. The molecule has 2 nitrogen and oxygen atoms in total. The second kappa shape index (κ2) is 6.84. The van der Waals surface area contributed by atoms with E-state index in [1.54, 1.807) is 0 Å². The molecule has 0 amide bonds. The van der Waals surface area contributed by atoms with E-state index in [2.05, 4.69) is 48.8 Å². The van der Waals surface area contributed by atoms with E-state index < -0.39 is 0 Å². The molecule has 1 heterocycles. The van der Waals surface area contributed by atoms with E-state index in [0.29, 0.717) is 6.04 Å². The highest BCUT2D eigenvalue weighted by atomic mass is 32.1. The third kappa shape index (κ3) is 3.71. The molecule has 0 radical (unpaired) electrons. The van der Waals surface area contributed by atoms with Crippen molar-refractivity contribution >= 4 is 17.0 Å². The summed E-state index contributed by atoms with van der Waals surface area (Å²) >= 11 is 1.82. The van der Waals surface area contributed by atoms with Crippen LogP contribution in [0.1, 0.15) is 36.8 Å². The molecule has 0 aliphatic heterocycles.